The van der Waals surface area contributed by atoms with Crippen molar-refractivity contribution in [1.29, 1.82) is 0 Å². The Morgan fingerprint density at radius 3 is 2.50 bits per heavy atom. The summed E-state index contributed by atoms with van der Waals surface area (Å²) in [5, 5.41) is 5.84. The molecule has 0 saturated heterocycles. The summed E-state index contributed by atoms with van der Waals surface area (Å²) >= 11 is 0. The summed E-state index contributed by atoms with van der Waals surface area (Å²) in [6.07, 6.45) is 0.455. The summed E-state index contributed by atoms with van der Waals surface area (Å²) in [5.41, 5.74) is 1.90. The summed E-state index contributed by atoms with van der Waals surface area (Å²) in [6.45, 7) is 12.4. The molecule has 0 atom stereocenters. The molecular weight excluding hydrogens is 176 g/mol. The molecule has 0 aromatic carbocycles. The maximum Gasteiger partial charge on any atom is 0.248 e. The van der Waals surface area contributed by atoms with E-state index in [-0.39, 0.29) is 11.3 Å². The number of hydrogen-bond donors (Lipinski definition) is 0. The Bertz CT molecular complexity index is 297. The van der Waals surface area contributed by atoms with E-state index in [9.17, 15) is 4.79 Å². The van der Waals surface area contributed by atoms with E-state index in [1.54, 1.807) is 0 Å². The Morgan fingerprint density at radius 2 is 2.14 bits per heavy atom. The Morgan fingerprint density at radius 1 is 1.57 bits per heavy atom. The van der Waals surface area contributed by atoms with Gasteiger partial charge < -0.3 is 0 Å². The van der Waals surface area contributed by atoms with Crippen LogP contribution >= 0.6 is 0 Å². The van der Waals surface area contributed by atoms with E-state index in [0.717, 1.165) is 11.3 Å². The van der Waals surface area contributed by atoms with E-state index in [2.05, 4.69) is 32.5 Å². The van der Waals surface area contributed by atoms with E-state index in [1.807, 2.05) is 6.92 Å². The van der Waals surface area contributed by atoms with Gasteiger partial charge in [-0.3, -0.25) is 4.79 Å². The molecule has 14 heavy (non-hydrogen) atoms. The van der Waals surface area contributed by atoms with Crippen molar-refractivity contribution in [3.05, 3.63) is 12.2 Å². The quantitative estimate of drug-likeness (QED) is 0.620. The van der Waals surface area contributed by atoms with Crippen LogP contribution in [0.1, 0.15) is 34.1 Å². The van der Waals surface area contributed by atoms with Crippen LogP contribution in [-0.2, 0) is 4.79 Å². The highest BCUT2D eigenvalue weighted by Gasteiger charge is 2.30. The van der Waals surface area contributed by atoms with Crippen LogP contribution in [0.3, 0.4) is 0 Å². The fraction of sp³-hybridized carbons (Fsp3) is 0.636. The molecule has 0 aliphatic carbocycles. The van der Waals surface area contributed by atoms with Crippen molar-refractivity contribution in [3.63, 3.8) is 0 Å². The molecule has 0 spiro atoms. The minimum atomic E-state index is -0.0144. The standard InChI is InChI=1S/C11H18N2O/c1-8(2)7-13-10(14)6-9(12-13)11(3,4)5/h1,6-7H2,2-5H3. The zero-order valence-electron chi connectivity index (χ0n) is 9.42. The van der Waals surface area contributed by atoms with Gasteiger partial charge in [-0.25, -0.2) is 5.01 Å². The molecular formula is C11H18N2O. The molecule has 0 saturated carbocycles. The summed E-state index contributed by atoms with van der Waals surface area (Å²) in [5.74, 6) is 0.0814. The maximum atomic E-state index is 11.5. The minimum absolute atomic E-state index is 0.0144. The van der Waals surface area contributed by atoms with Crippen LogP contribution < -0.4 is 0 Å². The van der Waals surface area contributed by atoms with Crippen molar-refractivity contribution in [2.24, 2.45) is 10.5 Å². The van der Waals surface area contributed by atoms with Gasteiger partial charge in [0.25, 0.3) is 0 Å². The smallest absolute Gasteiger partial charge is 0.248 e. The van der Waals surface area contributed by atoms with Crippen LogP contribution in [-0.4, -0.2) is 23.2 Å². The van der Waals surface area contributed by atoms with Crippen molar-refractivity contribution in [2.45, 2.75) is 34.1 Å². The molecule has 0 unspecified atom stereocenters. The molecule has 1 heterocycles. The second kappa shape index (κ2) is 3.56. The highest BCUT2D eigenvalue weighted by molar-refractivity contribution is 6.07. The summed E-state index contributed by atoms with van der Waals surface area (Å²) < 4.78 is 0. The van der Waals surface area contributed by atoms with Crippen LogP contribution in [0.2, 0.25) is 0 Å². The number of rotatable bonds is 2. The molecule has 1 amide bonds. The Hall–Kier alpha value is -1.12. The first-order valence-electron chi connectivity index (χ1n) is 4.83. The van der Waals surface area contributed by atoms with Crippen LogP contribution in [0.25, 0.3) is 0 Å². The number of amides is 1. The highest BCUT2D eigenvalue weighted by Crippen LogP contribution is 2.24. The predicted molar refractivity (Wildman–Crippen MR) is 58.0 cm³/mol. The van der Waals surface area contributed by atoms with Gasteiger partial charge in [-0.1, -0.05) is 32.9 Å². The third-order valence-electron chi connectivity index (χ3n) is 2.13. The van der Waals surface area contributed by atoms with Gasteiger partial charge in [0.2, 0.25) is 5.91 Å². The molecule has 0 N–H and O–H groups in total. The van der Waals surface area contributed by atoms with Crippen molar-refractivity contribution < 1.29 is 4.79 Å². The number of hydrazone groups is 1. The molecule has 1 rings (SSSR count). The van der Waals surface area contributed by atoms with Crippen molar-refractivity contribution >= 4 is 11.6 Å². The molecule has 3 nitrogen and oxygen atoms in total. The average Bonchev–Trinajstić information content (AvgIpc) is 2.30. The summed E-state index contributed by atoms with van der Waals surface area (Å²) in [4.78, 5) is 11.5. The van der Waals surface area contributed by atoms with Crippen LogP contribution in [0.4, 0.5) is 0 Å². The monoisotopic (exact) mass is 194 g/mol. The van der Waals surface area contributed by atoms with Crippen molar-refractivity contribution in [1.82, 2.24) is 5.01 Å². The normalized spacial score (nSPS) is 17.3. The first-order chi connectivity index (χ1) is 6.30. The Labute approximate surface area is 85.5 Å². The van der Waals surface area contributed by atoms with E-state index in [4.69, 9.17) is 0 Å². The van der Waals surface area contributed by atoms with Crippen LogP contribution in [0, 0.1) is 5.41 Å². The number of carbonyl (C=O) groups excluding carboxylic acids is 1. The predicted octanol–water partition coefficient (Wildman–Crippen LogP) is 2.20. The van der Waals surface area contributed by atoms with E-state index in [0.29, 0.717) is 13.0 Å². The fourth-order valence-corrected chi connectivity index (χ4v) is 1.27. The molecule has 0 fully saturated rings. The summed E-state index contributed by atoms with van der Waals surface area (Å²) in [6, 6.07) is 0. The molecule has 3 heteroatoms. The first-order valence-corrected chi connectivity index (χ1v) is 4.83. The Balaban J connectivity index is 2.77. The largest absolute Gasteiger partial charge is 0.273 e. The van der Waals surface area contributed by atoms with Gasteiger partial charge in [0, 0.05) is 5.41 Å². The second-order valence-corrected chi connectivity index (χ2v) is 4.88. The van der Waals surface area contributed by atoms with Gasteiger partial charge in [-0.15, -0.1) is 0 Å². The first kappa shape index (κ1) is 11.0. The Kier molecular flexibility index (Phi) is 2.79. The molecule has 0 bridgehead atoms. The van der Waals surface area contributed by atoms with Crippen molar-refractivity contribution in [3.8, 4) is 0 Å². The van der Waals surface area contributed by atoms with Crippen LogP contribution in [0.5, 0.6) is 0 Å². The lowest BCUT2D eigenvalue weighted by molar-refractivity contribution is -0.128. The van der Waals surface area contributed by atoms with Crippen molar-refractivity contribution in [2.75, 3.05) is 6.54 Å². The maximum absolute atomic E-state index is 11.5. The molecule has 1 aliphatic rings. The number of carbonyl (C=O) groups is 1. The SMILES string of the molecule is C=C(C)CN1N=C(C(C)(C)C)CC1=O. The molecule has 0 aromatic heterocycles. The van der Waals surface area contributed by atoms with E-state index in [1.165, 1.54) is 5.01 Å². The highest BCUT2D eigenvalue weighted by atomic mass is 16.2. The zero-order chi connectivity index (χ0) is 10.9. The summed E-state index contributed by atoms with van der Waals surface area (Å²) in [7, 11) is 0. The van der Waals surface area contributed by atoms with E-state index < -0.39 is 0 Å². The third-order valence-corrected chi connectivity index (χ3v) is 2.13. The number of hydrogen-bond acceptors (Lipinski definition) is 2. The zero-order valence-corrected chi connectivity index (χ0v) is 9.42. The van der Waals surface area contributed by atoms with Gasteiger partial charge in [0.05, 0.1) is 18.7 Å². The van der Waals surface area contributed by atoms with Gasteiger partial charge in [-0.2, -0.15) is 5.10 Å². The lowest BCUT2D eigenvalue weighted by atomic mass is 9.88. The molecule has 1 aliphatic heterocycles. The van der Waals surface area contributed by atoms with Gasteiger partial charge >= 0.3 is 0 Å². The van der Waals surface area contributed by atoms with Gasteiger partial charge in [0.15, 0.2) is 0 Å². The van der Waals surface area contributed by atoms with Gasteiger partial charge in [0.1, 0.15) is 0 Å². The van der Waals surface area contributed by atoms with Gasteiger partial charge in [-0.05, 0) is 6.92 Å². The fourth-order valence-electron chi connectivity index (χ4n) is 1.27. The number of nitrogens with zero attached hydrogens (tertiary/aromatic N) is 2. The van der Waals surface area contributed by atoms with E-state index >= 15 is 0 Å². The average molecular weight is 194 g/mol. The molecule has 0 aromatic rings. The molecule has 78 valence electrons. The molecule has 0 radical (unpaired) electrons. The van der Waals surface area contributed by atoms with Crippen LogP contribution in [0.15, 0.2) is 17.3 Å². The second-order valence-electron chi connectivity index (χ2n) is 4.88. The minimum Gasteiger partial charge on any atom is -0.273 e. The lowest BCUT2D eigenvalue weighted by Crippen LogP contribution is -2.22. The third kappa shape index (κ3) is 2.44. The lowest BCUT2D eigenvalue weighted by Gasteiger charge is -2.16. The topological polar surface area (TPSA) is 32.7 Å².